The fourth-order valence-corrected chi connectivity index (χ4v) is 8.40. The highest BCUT2D eigenvalue weighted by Gasteiger charge is 2.77. The van der Waals surface area contributed by atoms with E-state index in [0.29, 0.717) is 11.5 Å². The van der Waals surface area contributed by atoms with Crippen LogP contribution in [-0.4, -0.2) is 61.2 Å². The van der Waals surface area contributed by atoms with Crippen LogP contribution in [0.5, 0.6) is 0 Å². The van der Waals surface area contributed by atoms with Crippen molar-refractivity contribution >= 4 is 10.1 Å². The fraction of sp³-hybridized carbons (Fsp3) is 0.833. The molecule has 4 aliphatic carbocycles. The van der Waals surface area contributed by atoms with Gasteiger partial charge in [0.2, 0.25) is 0 Å². The molecule has 5 aliphatic rings. The molecule has 8 heteroatoms. The van der Waals surface area contributed by atoms with Gasteiger partial charge in [-0.05, 0) is 61.5 Å². The SMILES string of the molecule is CC1=C[C@]23C(O)[C@@H](C=C4COC(C)(C)OC4[C@]2(O)[C@H]1OS(C)(=O)=O)[C@H]1[C@@H](C[C@H]3C)C1(C)C. The molecule has 0 aromatic rings. The smallest absolute Gasteiger partial charge is 0.265 e. The average Bonchev–Trinajstić information content (AvgIpc) is 3.14. The second-order valence-corrected chi connectivity index (χ2v) is 13.5. The molecule has 1 aliphatic heterocycles. The van der Waals surface area contributed by atoms with Crippen LogP contribution in [0.25, 0.3) is 0 Å². The topological polar surface area (TPSA) is 102 Å². The van der Waals surface area contributed by atoms with Gasteiger partial charge in [-0.3, -0.25) is 4.18 Å². The zero-order valence-electron chi connectivity index (χ0n) is 20.0. The van der Waals surface area contributed by atoms with Gasteiger partial charge in [-0.2, -0.15) is 8.42 Å². The summed E-state index contributed by atoms with van der Waals surface area (Å²) >= 11 is 0. The van der Waals surface area contributed by atoms with Crippen LogP contribution in [0.15, 0.2) is 23.3 Å². The summed E-state index contributed by atoms with van der Waals surface area (Å²) in [5.74, 6) is -0.601. The van der Waals surface area contributed by atoms with Crippen molar-refractivity contribution in [3.63, 3.8) is 0 Å². The molecule has 5 rings (SSSR count). The third kappa shape index (κ3) is 2.80. The quantitative estimate of drug-likeness (QED) is 0.474. The highest BCUT2D eigenvalue weighted by Crippen LogP contribution is 2.73. The lowest BCUT2D eigenvalue weighted by atomic mass is 9.58. The molecule has 1 saturated heterocycles. The normalized spacial score (nSPS) is 50.7. The molecule has 1 heterocycles. The number of aliphatic hydroxyl groups is 2. The van der Waals surface area contributed by atoms with E-state index in [2.05, 4.69) is 20.8 Å². The molecule has 180 valence electrons. The number of aliphatic hydroxyl groups excluding tert-OH is 1. The van der Waals surface area contributed by atoms with Gasteiger partial charge in [-0.1, -0.05) is 32.9 Å². The maximum Gasteiger partial charge on any atom is 0.265 e. The molecular formula is C24H36O7S. The Morgan fingerprint density at radius 3 is 2.50 bits per heavy atom. The minimum absolute atomic E-state index is 0.0895. The fourth-order valence-electron chi connectivity index (χ4n) is 7.75. The Morgan fingerprint density at radius 2 is 1.88 bits per heavy atom. The first-order chi connectivity index (χ1) is 14.6. The summed E-state index contributed by atoms with van der Waals surface area (Å²) in [6.07, 6.45) is 2.83. The third-order valence-electron chi connectivity index (χ3n) is 9.21. The predicted octanol–water partition coefficient (Wildman–Crippen LogP) is 2.39. The highest BCUT2D eigenvalue weighted by molar-refractivity contribution is 7.86. The van der Waals surface area contributed by atoms with Crippen LogP contribution in [0.2, 0.25) is 0 Å². The van der Waals surface area contributed by atoms with Crippen molar-refractivity contribution in [3.8, 4) is 0 Å². The molecule has 9 atom stereocenters. The monoisotopic (exact) mass is 468 g/mol. The number of ether oxygens (including phenoxy) is 2. The van der Waals surface area contributed by atoms with Gasteiger partial charge in [-0.25, -0.2) is 0 Å². The van der Waals surface area contributed by atoms with Crippen LogP contribution in [-0.2, 0) is 23.8 Å². The van der Waals surface area contributed by atoms with E-state index in [1.807, 2.05) is 12.2 Å². The molecule has 3 fully saturated rings. The van der Waals surface area contributed by atoms with Crippen LogP contribution in [0.1, 0.15) is 48.0 Å². The van der Waals surface area contributed by atoms with E-state index in [4.69, 9.17) is 13.7 Å². The van der Waals surface area contributed by atoms with Gasteiger partial charge in [0.15, 0.2) is 5.79 Å². The third-order valence-corrected chi connectivity index (χ3v) is 9.75. The standard InChI is InChI=1S/C24H36O7S/c1-12-10-23-13(2)8-16-17(21(16,3)4)15(18(23)25)9-14-11-29-22(5,6)30-20(14)24(23,26)19(12)31-32(7,27)28/h9-10,13,15-20,25-26H,8,11H2,1-7H3/t13-,15+,16-,17+,18?,19+,20?,23+,24-/m1/s1. The lowest BCUT2D eigenvalue weighted by molar-refractivity contribution is -0.310. The number of fused-ring (bicyclic) bond motifs is 5. The van der Waals surface area contributed by atoms with Gasteiger partial charge in [0.05, 0.1) is 24.4 Å². The van der Waals surface area contributed by atoms with Crippen molar-refractivity contribution in [2.24, 2.45) is 34.5 Å². The van der Waals surface area contributed by atoms with Gasteiger partial charge < -0.3 is 19.7 Å². The molecule has 1 spiro atoms. The van der Waals surface area contributed by atoms with Crippen molar-refractivity contribution in [2.45, 2.75) is 77.7 Å². The molecule has 2 bridgehead atoms. The summed E-state index contributed by atoms with van der Waals surface area (Å²) in [4.78, 5) is 0. The lowest BCUT2D eigenvalue weighted by Crippen LogP contribution is -2.69. The maximum absolute atomic E-state index is 12.7. The Balaban J connectivity index is 1.76. The summed E-state index contributed by atoms with van der Waals surface area (Å²) in [6.45, 7) is 12.1. The van der Waals surface area contributed by atoms with Crippen molar-refractivity contribution in [1.29, 1.82) is 0 Å². The van der Waals surface area contributed by atoms with E-state index in [-0.39, 0.29) is 29.8 Å². The number of hydrogen-bond acceptors (Lipinski definition) is 7. The number of hydrogen-bond donors (Lipinski definition) is 2. The first-order valence-corrected chi connectivity index (χ1v) is 13.4. The van der Waals surface area contributed by atoms with Crippen LogP contribution in [0.3, 0.4) is 0 Å². The average molecular weight is 469 g/mol. The molecular weight excluding hydrogens is 432 g/mol. The molecule has 2 saturated carbocycles. The summed E-state index contributed by atoms with van der Waals surface area (Å²) in [5, 5.41) is 24.7. The van der Waals surface area contributed by atoms with E-state index < -0.39 is 45.2 Å². The van der Waals surface area contributed by atoms with Crippen molar-refractivity contribution in [2.75, 3.05) is 12.9 Å². The van der Waals surface area contributed by atoms with Gasteiger partial charge in [0.1, 0.15) is 17.8 Å². The Kier molecular flexibility index (Phi) is 4.64. The second-order valence-electron chi connectivity index (χ2n) is 11.9. The summed E-state index contributed by atoms with van der Waals surface area (Å²) in [6, 6.07) is 0. The predicted molar refractivity (Wildman–Crippen MR) is 118 cm³/mol. The van der Waals surface area contributed by atoms with Gasteiger partial charge in [0, 0.05) is 5.92 Å². The van der Waals surface area contributed by atoms with Crippen molar-refractivity contribution in [1.82, 2.24) is 0 Å². The first kappa shape index (κ1) is 23.0. The first-order valence-electron chi connectivity index (χ1n) is 11.6. The van der Waals surface area contributed by atoms with Crippen LogP contribution in [0, 0.1) is 34.5 Å². The Hall–Kier alpha value is -0.770. The van der Waals surface area contributed by atoms with E-state index in [1.165, 1.54) is 0 Å². The van der Waals surface area contributed by atoms with E-state index in [1.54, 1.807) is 20.8 Å². The van der Waals surface area contributed by atoms with Crippen molar-refractivity contribution < 1.29 is 32.3 Å². The van der Waals surface area contributed by atoms with Gasteiger partial charge in [-0.15, -0.1) is 0 Å². The molecule has 2 N–H and O–H groups in total. The number of rotatable bonds is 2. The van der Waals surface area contributed by atoms with E-state index in [9.17, 15) is 18.6 Å². The molecule has 32 heavy (non-hydrogen) atoms. The summed E-state index contributed by atoms with van der Waals surface area (Å²) in [7, 11) is -3.89. The molecule has 0 amide bonds. The van der Waals surface area contributed by atoms with Gasteiger partial charge >= 0.3 is 0 Å². The van der Waals surface area contributed by atoms with Crippen LogP contribution >= 0.6 is 0 Å². The van der Waals surface area contributed by atoms with E-state index in [0.717, 1.165) is 18.2 Å². The highest BCUT2D eigenvalue weighted by atomic mass is 32.2. The lowest BCUT2D eigenvalue weighted by Gasteiger charge is -2.55. The molecule has 0 aromatic carbocycles. The Bertz CT molecular complexity index is 1010. The van der Waals surface area contributed by atoms with Crippen LogP contribution in [0.4, 0.5) is 0 Å². The largest absolute Gasteiger partial charge is 0.391 e. The zero-order valence-corrected chi connectivity index (χ0v) is 20.8. The van der Waals surface area contributed by atoms with Crippen LogP contribution < -0.4 is 0 Å². The minimum atomic E-state index is -3.89. The summed E-state index contributed by atoms with van der Waals surface area (Å²) in [5.41, 5.74) is -1.48. The second kappa shape index (κ2) is 6.46. The molecule has 7 nitrogen and oxygen atoms in total. The van der Waals surface area contributed by atoms with E-state index >= 15 is 0 Å². The Labute approximate surface area is 190 Å². The molecule has 0 aromatic heterocycles. The molecule has 0 radical (unpaired) electrons. The Morgan fingerprint density at radius 1 is 1.22 bits per heavy atom. The summed E-state index contributed by atoms with van der Waals surface area (Å²) < 4.78 is 42.4. The van der Waals surface area contributed by atoms with Crippen molar-refractivity contribution in [3.05, 3.63) is 23.3 Å². The van der Waals surface area contributed by atoms with Gasteiger partial charge in [0.25, 0.3) is 10.1 Å². The minimum Gasteiger partial charge on any atom is -0.391 e. The maximum atomic E-state index is 12.7. The zero-order chi connectivity index (χ0) is 23.6. The molecule has 2 unspecified atom stereocenters.